The van der Waals surface area contributed by atoms with Crippen molar-refractivity contribution in [2.75, 3.05) is 11.4 Å². The number of benzene rings is 3. The first kappa shape index (κ1) is 73.4. The van der Waals surface area contributed by atoms with Gasteiger partial charge in [0.2, 0.25) is 0 Å². The van der Waals surface area contributed by atoms with Crippen LogP contribution >= 0.6 is 0 Å². The molecule has 1 aliphatic heterocycles. The van der Waals surface area contributed by atoms with Crippen LogP contribution in [-0.2, 0) is 22.9 Å². The maximum absolute atomic E-state index is 14.3. The molecule has 0 amide bonds. The van der Waals surface area contributed by atoms with Crippen LogP contribution < -0.4 is 9.04 Å². The van der Waals surface area contributed by atoms with Crippen molar-refractivity contribution in [1.29, 1.82) is 0 Å². The number of sulfonamides is 1. The maximum Gasteiger partial charge on any atom is 0.264 e. The fraction of sp³-hybridized carbons (Fsp3) is 0.280. The number of ether oxygens (including phenoxy) is 1. The first-order chi connectivity index (χ1) is 36.7. The van der Waals surface area contributed by atoms with Crippen LogP contribution in [0.5, 0.6) is 5.75 Å². The van der Waals surface area contributed by atoms with E-state index in [1.807, 2.05) is 6.92 Å². The van der Waals surface area contributed by atoms with Crippen molar-refractivity contribution in [2.24, 2.45) is 0 Å². The van der Waals surface area contributed by atoms with E-state index in [0.717, 1.165) is 18.2 Å². The van der Waals surface area contributed by atoms with Gasteiger partial charge in [0.15, 0.2) is 0 Å². The van der Waals surface area contributed by atoms with Gasteiger partial charge in [0, 0.05) is 339 Å². The van der Waals surface area contributed by atoms with E-state index in [2.05, 4.69) is 0 Å². The average molecular weight is 966 g/mol. The molecule has 1 aliphatic rings. The van der Waals surface area contributed by atoms with Gasteiger partial charge in [-0.15, -0.1) is 0 Å². The molecule has 1 heterocycles. The summed E-state index contributed by atoms with van der Waals surface area (Å²) >= 11 is 0. The summed E-state index contributed by atoms with van der Waals surface area (Å²) in [5.41, 5.74) is 2.54. The predicted molar refractivity (Wildman–Crippen MR) is 391 cm³/mol. The molecule has 0 spiro atoms. The van der Waals surface area contributed by atoms with Gasteiger partial charge in [0.1, 0.15) is 17.4 Å². The molecule has 1 unspecified atom stereocenters. The Bertz CT molecular complexity index is 2290. The molecule has 309 valence electrons. The number of rotatable bonds is 28. The molecule has 0 aliphatic carbocycles. The number of fused-ring (bicyclic) bond motifs is 1. The lowest BCUT2D eigenvalue weighted by atomic mass is 8.25. The van der Waals surface area contributed by atoms with Gasteiger partial charge >= 0.3 is 0 Å². The summed E-state index contributed by atoms with van der Waals surface area (Å²) in [6, 6.07) is 15.0. The van der Waals surface area contributed by atoms with Crippen molar-refractivity contribution in [3.05, 3.63) is 89.0 Å². The monoisotopic (exact) mass is 975 g/mol. The van der Waals surface area contributed by atoms with Crippen LogP contribution in [0.2, 0.25) is 0 Å². The number of hydrogen-bond donors (Lipinski definition) is 0. The van der Waals surface area contributed by atoms with Crippen LogP contribution in [0.1, 0.15) is 29.5 Å². The van der Waals surface area contributed by atoms with Crippen LogP contribution in [0.25, 0.3) is 0 Å². The van der Waals surface area contributed by atoms with E-state index in [-0.39, 0.29) is 10.7 Å². The molecule has 4 nitrogen and oxygen atoms in total. The number of anilines is 1. The average Bonchev–Trinajstić information content (AvgIpc) is 3.32. The zero-order valence-electron chi connectivity index (χ0n) is 45.2. The van der Waals surface area contributed by atoms with E-state index in [4.69, 9.17) is 190 Å². The third kappa shape index (κ3) is 19.1. The van der Waals surface area contributed by atoms with Gasteiger partial charge in [-0.2, -0.15) is 0 Å². The summed E-state index contributed by atoms with van der Waals surface area (Å²) in [5.74, 6) is -0.310. The molecular weight excluding hydrogens is 941 g/mol. The highest BCUT2D eigenvalue weighted by atomic mass is 32.2. The van der Waals surface area contributed by atoms with Crippen LogP contribution in [0, 0.1) is 18.6 Å². The van der Waals surface area contributed by atoms with E-state index in [1.165, 1.54) is 29.6 Å². The Morgan fingerprint density at radius 2 is 0.911 bits per heavy atom. The normalized spacial score (nSPS) is 12.2. The number of methoxy groups -OCH3 is 1. The van der Waals surface area contributed by atoms with Gasteiger partial charge in [0.25, 0.3) is 10.0 Å². The molecule has 0 fully saturated rings. The van der Waals surface area contributed by atoms with Crippen molar-refractivity contribution in [2.45, 2.75) is 43.5 Å². The van der Waals surface area contributed by atoms with Crippen molar-refractivity contribution in [3.63, 3.8) is 0 Å². The Morgan fingerprint density at radius 1 is 0.532 bits per heavy atom. The molecule has 3 aromatic rings. The molecule has 79 heavy (non-hydrogen) atoms. The molecule has 4 rings (SSSR count). The minimum absolute atomic E-state index is 0.151. The van der Waals surface area contributed by atoms with Crippen LogP contribution in [0.4, 0.5) is 14.5 Å². The van der Waals surface area contributed by atoms with E-state index < -0.39 is 162 Å². The number of hydrogen-bond acceptors (Lipinski definition) is 3. The Kier molecular flexibility index (Phi) is 30.9. The van der Waals surface area contributed by atoms with Gasteiger partial charge in [0.05, 0.1) is 17.7 Å². The quantitative estimate of drug-likeness (QED) is 0.0681. The summed E-state index contributed by atoms with van der Waals surface area (Å²) in [5, 5.41) is 0. The van der Waals surface area contributed by atoms with Crippen molar-refractivity contribution < 1.29 is 21.9 Å². The lowest BCUT2D eigenvalue weighted by Gasteiger charge is -2.56. The Labute approximate surface area is 516 Å². The summed E-state index contributed by atoms with van der Waals surface area (Å²) in [6.07, 6.45) is -25.0. The number of halogens is 2. The summed E-state index contributed by atoms with van der Waals surface area (Å²) < 4.78 is 62.4. The Morgan fingerprint density at radius 3 is 1.28 bits per heavy atom. The van der Waals surface area contributed by atoms with Gasteiger partial charge in [-0.1, -0.05) is 23.8 Å². The van der Waals surface area contributed by atoms with Crippen molar-refractivity contribution in [3.8, 4) is 5.75 Å². The lowest BCUT2D eigenvalue weighted by Crippen LogP contribution is -2.94. The second-order valence-electron chi connectivity index (χ2n) is 21.0. The highest BCUT2D eigenvalue weighted by molar-refractivity contribution is 8.34. The van der Waals surface area contributed by atoms with E-state index in [0.29, 0.717) is 42.7 Å². The molecule has 3 aromatic carbocycles. The topological polar surface area (TPSA) is 46.6 Å². The third-order valence-corrected chi connectivity index (χ3v) is 17.4. The van der Waals surface area contributed by atoms with Crippen LogP contribution in [0.15, 0.2) is 65.6 Å². The van der Waals surface area contributed by atoms with Gasteiger partial charge in [-0.05, 0) is 86.2 Å². The van der Waals surface area contributed by atoms with E-state index >= 15 is 0 Å². The molecule has 54 heteroatoms. The summed E-state index contributed by atoms with van der Waals surface area (Å²) in [7, 11) is 152. The largest absolute Gasteiger partial charge is 0.497 e. The molecule has 0 saturated carbocycles. The fourth-order valence-corrected chi connectivity index (χ4v) is 13.8. The molecule has 0 bridgehead atoms. The molecule has 1 atom stereocenters. The predicted octanol–water partition coefficient (Wildman–Crippen LogP) is -12.5. The van der Waals surface area contributed by atoms with Gasteiger partial charge in [-0.25, -0.2) is 17.2 Å². The summed E-state index contributed by atoms with van der Waals surface area (Å²) in [4.78, 5) is 0.151. The highest BCUT2D eigenvalue weighted by Crippen LogP contribution is 2.38. The van der Waals surface area contributed by atoms with Crippen LogP contribution in [-0.4, -0.2) is 355 Å². The fourth-order valence-electron chi connectivity index (χ4n) is 12.0. The first-order valence-electron chi connectivity index (χ1n) is 25.8. The van der Waals surface area contributed by atoms with Gasteiger partial charge in [-0.3, -0.25) is 4.31 Å². The second-order valence-corrected chi connectivity index (χ2v) is 22.8. The number of aryl methyl sites for hydroxylation is 3. The molecule has 0 saturated heterocycles. The minimum Gasteiger partial charge on any atom is -0.497 e. The Hall–Kier alpha value is 0.122. The molecule has 0 N–H and O–H groups in total. The lowest BCUT2D eigenvalue weighted by molar-refractivity contribution is 0.412. The minimum atomic E-state index is -3.94. The zero-order chi connectivity index (χ0) is 60.3. The van der Waals surface area contributed by atoms with Gasteiger partial charge < -0.3 is 4.74 Å². The zero-order valence-corrected chi connectivity index (χ0v) is 46.0. The van der Waals surface area contributed by atoms with E-state index in [1.54, 1.807) is 42.5 Å². The van der Waals surface area contributed by atoms with Crippen molar-refractivity contribution in [1.82, 2.24) is 0 Å². The SMILES string of the molecule is COc1ccc(F)c(CCC2CCc3ccc(F)cc3N2S(=O)(=O)c2ccc(C)cc2)c1.[B][B]B([B])B(B([B])[B])B(B(B([B])[B])B([B])[B])B(B(B(B([B])[B])B([B])[B])B(B([B])[B])B([B])[B])B(B(B([B])[B])B([B])[B])B(B([B])[B])B([B])[B]. The third-order valence-electron chi connectivity index (χ3n) is 15.5. The first-order valence-corrected chi connectivity index (χ1v) is 27.3. The Balaban J connectivity index is 0.000000442. The van der Waals surface area contributed by atoms with E-state index in [9.17, 15) is 17.2 Å². The molecule has 0 aromatic heterocycles. The standard InChI is InChI=1S/C25H25F2NO3S.B47/c1-17-3-12-23(13-4-17)32(29,30)28-21(9-6-18-5-8-20(26)16-25(18)28)10-7-19-15-22(31-2)11-14-24(19)27;1-25-37(24)43(36(22)23)46(42(34(18)19)35(20)21)47(44(38(26(2)3)27(4)5)39(28(6)7)29(8)9)45(40(30(10)11)31(12)13)41(32(14)15)33(16)17/h3-5,8,11-16,21H,6-7,9-10H2,1-2H3;. The highest BCUT2D eigenvalue weighted by Gasteiger charge is 2.59. The molecule has 49 radical (unpaired) electrons. The smallest absolute Gasteiger partial charge is 0.264 e. The van der Waals surface area contributed by atoms with Crippen molar-refractivity contribution >= 4 is 349 Å². The second kappa shape index (κ2) is 33.3. The van der Waals surface area contributed by atoms with Crippen LogP contribution in [0.3, 0.4) is 0 Å². The maximum atomic E-state index is 14.3. The summed E-state index contributed by atoms with van der Waals surface area (Å²) in [6.45, 7) is 1.88. The molecular formula is C25H25B47F2NO3S. The number of nitrogens with zero attached hydrogens (tertiary/aromatic N) is 1.